The molecular weight excluding hydrogens is 190 g/mol. The molecule has 1 fully saturated rings. The maximum atomic E-state index is 9.13. The fourth-order valence-corrected chi connectivity index (χ4v) is 2.05. The summed E-state index contributed by atoms with van der Waals surface area (Å²) in [4.78, 5) is 0. The van der Waals surface area contributed by atoms with Gasteiger partial charge in [-0.1, -0.05) is 0 Å². The van der Waals surface area contributed by atoms with Crippen molar-refractivity contribution in [2.75, 3.05) is 6.61 Å². The second-order valence-corrected chi connectivity index (χ2v) is 4.31. The number of nitrogens with zero attached hydrogens (tertiary/aromatic N) is 3. The molecule has 1 aromatic rings. The Kier molecular flexibility index (Phi) is 2.00. The summed E-state index contributed by atoms with van der Waals surface area (Å²) in [5.41, 5.74) is 2.81. The first-order valence-electron chi connectivity index (χ1n) is 5.45. The normalized spacial score (nSPS) is 19.7. The highest BCUT2D eigenvalue weighted by molar-refractivity contribution is 5.36. The molecule has 0 spiro atoms. The van der Waals surface area contributed by atoms with E-state index in [2.05, 4.69) is 11.2 Å². The van der Waals surface area contributed by atoms with E-state index in [1.54, 1.807) is 0 Å². The van der Waals surface area contributed by atoms with Crippen LogP contribution < -0.4 is 0 Å². The summed E-state index contributed by atoms with van der Waals surface area (Å²) in [5, 5.41) is 13.6. The van der Waals surface area contributed by atoms with E-state index >= 15 is 0 Å². The van der Waals surface area contributed by atoms with E-state index < -0.39 is 0 Å². The lowest BCUT2D eigenvalue weighted by Crippen LogP contribution is -2.08. The molecule has 0 amide bonds. The maximum Gasteiger partial charge on any atom is 0.144 e. The van der Waals surface area contributed by atoms with Gasteiger partial charge in [-0.3, -0.25) is 4.68 Å². The molecule has 4 heteroatoms. The van der Waals surface area contributed by atoms with E-state index in [0.29, 0.717) is 6.61 Å². The molecular formula is C11H13N3O. The average molecular weight is 203 g/mol. The monoisotopic (exact) mass is 203 g/mol. The molecule has 1 saturated carbocycles. The van der Waals surface area contributed by atoms with E-state index in [-0.39, 0.29) is 0 Å². The molecule has 1 aromatic heterocycles. The van der Waals surface area contributed by atoms with Gasteiger partial charge in [0.1, 0.15) is 11.8 Å². The SMILES string of the molecule is N#Cc1c2c(nn1CC1CC1)CCOC2. The first-order valence-corrected chi connectivity index (χ1v) is 5.45. The van der Waals surface area contributed by atoms with Crippen LogP contribution in [0.5, 0.6) is 0 Å². The zero-order chi connectivity index (χ0) is 10.3. The Morgan fingerprint density at radius 3 is 3.13 bits per heavy atom. The highest BCUT2D eigenvalue weighted by atomic mass is 16.5. The minimum atomic E-state index is 0.558. The number of rotatable bonds is 2. The van der Waals surface area contributed by atoms with E-state index in [1.807, 2.05) is 4.68 Å². The number of nitriles is 1. The van der Waals surface area contributed by atoms with Gasteiger partial charge in [0.2, 0.25) is 0 Å². The number of aromatic nitrogens is 2. The standard InChI is InChI=1S/C11H13N3O/c12-5-11-9-7-15-4-3-10(9)13-14(11)6-8-1-2-8/h8H,1-4,6-7H2. The second-order valence-electron chi connectivity index (χ2n) is 4.31. The molecule has 0 atom stereocenters. The number of ether oxygens (including phenoxy) is 1. The molecule has 3 rings (SSSR count). The summed E-state index contributed by atoms with van der Waals surface area (Å²) in [5.74, 6) is 0.749. The van der Waals surface area contributed by atoms with E-state index in [1.165, 1.54) is 12.8 Å². The van der Waals surface area contributed by atoms with Crippen LogP contribution in [0.15, 0.2) is 0 Å². The van der Waals surface area contributed by atoms with E-state index in [9.17, 15) is 0 Å². The zero-order valence-electron chi connectivity index (χ0n) is 8.57. The predicted octanol–water partition coefficient (Wildman–Crippen LogP) is 1.24. The van der Waals surface area contributed by atoms with Crippen molar-refractivity contribution in [3.05, 3.63) is 17.0 Å². The number of hydrogen-bond acceptors (Lipinski definition) is 3. The van der Waals surface area contributed by atoms with Crippen LogP contribution in [-0.4, -0.2) is 16.4 Å². The lowest BCUT2D eigenvalue weighted by atomic mass is 10.1. The lowest BCUT2D eigenvalue weighted by Gasteiger charge is -2.09. The van der Waals surface area contributed by atoms with Gasteiger partial charge in [0, 0.05) is 18.5 Å². The molecule has 2 aliphatic rings. The van der Waals surface area contributed by atoms with Crippen LogP contribution >= 0.6 is 0 Å². The Balaban J connectivity index is 1.98. The van der Waals surface area contributed by atoms with Crippen molar-refractivity contribution in [1.29, 1.82) is 5.26 Å². The lowest BCUT2D eigenvalue weighted by molar-refractivity contribution is 0.110. The molecule has 1 aliphatic heterocycles. The van der Waals surface area contributed by atoms with Gasteiger partial charge in [0.05, 0.1) is 18.9 Å². The highest BCUT2D eigenvalue weighted by Gasteiger charge is 2.26. The average Bonchev–Trinajstić information content (AvgIpc) is 2.99. The first-order chi connectivity index (χ1) is 7.38. The summed E-state index contributed by atoms with van der Waals surface area (Å²) in [6, 6.07) is 2.26. The van der Waals surface area contributed by atoms with Crippen LogP contribution in [0, 0.1) is 17.2 Å². The van der Waals surface area contributed by atoms with Gasteiger partial charge in [-0.25, -0.2) is 0 Å². The number of hydrogen-bond donors (Lipinski definition) is 0. The maximum absolute atomic E-state index is 9.13. The van der Waals surface area contributed by atoms with Crippen LogP contribution in [0.25, 0.3) is 0 Å². The van der Waals surface area contributed by atoms with Crippen molar-refractivity contribution in [3.63, 3.8) is 0 Å². The topological polar surface area (TPSA) is 50.8 Å². The minimum Gasteiger partial charge on any atom is -0.376 e. The molecule has 0 aromatic carbocycles. The molecule has 2 heterocycles. The van der Waals surface area contributed by atoms with Crippen LogP contribution in [0.4, 0.5) is 0 Å². The van der Waals surface area contributed by atoms with Gasteiger partial charge in [0.15, 0.2) is 0 Å². The largest absolute Gasteiger partial charge is 0.376 e. The van der Waals surface area contributed by atoms with Gasteiger partial charge < -0.3 is 4.74 Å². The van der Waals surface area contributed by atoms with Crippen molar-refractivity contribution < 1.29 is 4.74 Å². The van der Waals surface area contributed by atoms with Gasteiger partial charge in [-0.15, -0.1) is 0 Å². The third kappa shape index (κ3) is 1.53. The minimum absolute atomic E-state index is 0.558. The second kappa shape index (κ2) is 3.35. The summed E-state index contributed by atoms with van der Waals surface area (Å²) >= 11 is 0. The molecule has 0 radical (unpaired) electrons. The van der Waals surface area contributed by atoms with E-state index in [0.717, 1.165) is 42.4 Å². The molecule has 15 heavy (non-hydrogen) atoms. The predicted molar refractivity (Wildman–Crippen MR) is 53.0 cm³/mol. The zero-order valence-corrected chi connectivity index (χ0v) is 8.57. The van der Waals surface area contributed by atoms with Crippen molar-refractivity contribution in [2.24, 2.45) is 5.92 Å². The quantitative estimate of drug-likeness (QED) is 0.726. The Morgan fingerprint density at radius 2 is 2.40 bits per heavy atom. The summed E-state index contributed by atoms with van der Waals surface area (Å²) in [6.45, 7) is 2.21. The molecule has 0 N–H and O–H groups in total. The fraction of sp³-hybridized carbons (Fsp3) is 0.636. The Labute approximate surface area is 88.5 Å². The smallest absolute Gasteiger partial charge is 0.144 e. The molecule has 78 valence electrons. The molecule has 0 unspecified atom stereocenters. The molecule has 1 aliphatic carbocycles. The Bertz CT molecular complexity index is 426. The third-order valence-electron chi connectivity index (χ3n) is 3.10. The van der Waals surface area contributed by atoms with Gasteiger partial charge in [0.25, 0.3) is 0 Å². The first kappa shape index (κ1) is 8.93. The van der Waals surface area contributed by atoms with Gasteiger partial charge in [-0.05, 0) is 18.8 Å². The highest BCUT2D eigenvalue weighted by Crippen LogP contribution is 2.31. The van der Waals surface area contributed by atoms with Gasteiger partial charge >= 0.3 is 0 Å². The van der Waals surface area contributed by atoms with Crippen LogP contribution in [-0.2, 0) is 24.3 Å². The van der Waals surface area contributed by atoms with Gasteiger partial charge in [-0.2, -0.15) is 10.4 Å². The number of fused-ring (bicyclic) bond motifs is 1. The van der Waals surface area contributed by atoms with Crippen LogP contribution in [0.1, 0.15) is 29.8 Å². The van der Waals surface area contributed by atoms with E-state index in [4.69, 9.17) is 10.00 Å². The molecule has 4 nitrogen and oxygen atoms in total. The molecule has 0 saturated heterocycles. The summed E-state index contributed by atoms with van der Waals surface area (Å²) in [6.07, 6.45) is 3.42. The molecule has 0 bridgehead atoms. The van der Waals surface area contributed by atoms with Crippen molar-refractivity contribution in [3.8, 4) is 6.07 Å². The van der Waals surface area contributed by atoms with Crippen molar-refractivity contribution >= 4 is 0 Å². The van der Waals surface area contributed by atoms with Crippen LogP contribution in [0.2, 0.25) is 0 Å². The summed E-state index contributed by atoms with van der Waals surface area (Å²) in [7, 11) is 0. The Hall–Kier alpha value is -1.34. The Morgan fingerprint density at radius 1 is 1.53 bits per heavy atom. The third-order valence-corrected chi connectivity index (χ3v) is 3.10. The summed E-state index contributed by atoms with van der Waals surface area (Å²) < 4.78 is 7.25. The van der Waals surface area contributed by atoms with Crippen molar-refractivity contribution in [2.45, 2.75) is 32.4 Å². The fourth-order valence-electron chi connectivity index (χ4n) is 2.05. The van der Waals surface area contributed by atoms with Crippen LogP contribution in [0.3, 0.4) is 0 Å². The van der Waals surface area contributed by atoms with Crippen molar-refractivity contribution in [1.82, 2.24) is 9.78 Å².